The molecule has 5 heteroatoms. The minimum absolute atomic E-state index is 0.286. The van der Waals surface area contributed by atoms with Crippen LogP contribution in [0, 0.1) is 12.7 Å². The van der Waals surface area contributed by atoms with Gasteiger partial charge in [-0.15, -0.1) is 11.3 Å². The average molecular weight is 293 g/mol. The summed E-state index contributed by atoms with van der Waals surface area (Å²) >= 11 is 1.39. The van der Waals surface area contributed by atoms with Crippen molar-refractivity contribution in [1.82, 2.24) is 4.98 Å². The van der Waals surface area contributed by atoms with E-state index in [1.54, 1.807) is 12.1 Å². The lowest BCUT2D eigenvalue weighted by Crippen LogP contribution is -2.24. The zero-order valence-electron chi connectivity index (χ0n) is 11.9. The highest BCUT2D eigenvalue weighted by Gasteiger charge is 2.24. The lowest BCUT2D eigenvalue weighted by atomic mass is 10.1. The number of rotatable bonds is 2. The average Bonchev–Trinajstić information content (AvgIpc) is 2.70. The van der Waals surface area contributed by atoms with Crippen LogP contribution >= 0.6 is 11.3 Å². The fourth-order valence-electron chi connectivity index (χ4n) is 1.69. The summed E-state index contributed by atoms with van der Waals surface area (Å²) in [6, 6.07) is 6.00. The summed E-state index contributed by atoms with van der Waals surface area (Å²) in [5, 5.41) is 0.769. The van der Waals surface area contributed by atoms with Crippen molar-refractivity contribution in [3.63, 3.8) is 0 Å². The Labute approximate surface area is 121 Å². The molecule has 0 aliphatic heterocycles. The summed E-state index contributed by atoms with van der Waals surface area (Å²) < 4.78 is 18.3. The maximum Gasteiger partial charge on any atom is 0.358 e. The molecular formula is C15H16FNO2S. The molecule has 0 radical (unpaired) electrons. The highest BCUT2D eigenvalue weighted by atomic mass is 32.1. The fraction of sp³-hybridized carbons (Fsp3) is 0.333. The molecule has 1 aromatic carbocycles. The number of ether oxygens (including phenoxy) is 1. The molecule has 0 spiro atoms. The Hall–Kier alpha value is -1.75. The fourth-order valence-corrected chi connectivity index (χ4v) is 2.60. The standard InChI is InChI=1S/C15H16FNO2S/c1-9-17-12(14(18)19-15(2,3)4)13(20-9)10-5-7-11(16)8-6-10/h5-8H,1-4H3. The van der Waals surface area contributed by atoms with Crippen molar-refractivity contribution >= 4 is 17.3 Å². The molecule has 0 fully saturated rings. The van der Waals surface area contributed by atoms with Crippen molar-refractivity contribution in [3.05, 3.63) is 40.8 Å². The number of aromatic nitrogens is 1. The minimum Gasteiger partial charge on any atom is -0.455 e. The number of carbonyl (C=O) groups excluding carboxylic acids is 1. The van der Waals surface area contributed by atoms with Crippen LogP contribution in [0.4, 0.5) is 4.39 Å². The van der Waals surface area contributed by atoms with Gasteiger partial charge >= 0.3 is 5.97 Å². The number of aryl methyl sites for hydroxylation is 1. The third-order valence-electron chi connectivity index (χ3n) is 2.43. The van der Waals surface area contributed by atoms with Gasteiger partial charge in [0, 0.05) is 0 Å². The number of carbonyl (C=O) groups is 1. The van der Waals surface area contributed by atoms with Gasteiger partial charge in [0.2, 0.25) is 0 Å². The largest absolute Gasteiger partial charge is 0.455 e. The Balaban J connectivity index is 2.40. The number of halogens is 1. The van der Waals surface area contributed by atoms with Crippen LogP contribution in [0.2, 0.25) is 0 Å². The molecular weight excluding hydrogens is 277 g/mol. The molecule has 0 N–H and O–H groups in total. The highest BCUT2D eigenvalue weighted by Crippen LogP contribution is 2.31. The lowest BCUT2D eigenvalue weighted by Gasteiger charge is -2.19. The topological polar surface area (TPSA) is 39.2 Å². The molecule has 20 heavy (non-hydrogen) atoms. The van der Waals surface area contributed by atoms with E-state index in [0.29, 0.717) is 4.88 Å². The Morgan fingerprint density at radius 2 is 1.85 bits per heavy atom. The smallest absolute Gasteiger partial charge is 0.358 e. The van der Waals surface area contributed by atoms with E-state index >= 15 is 0 Å². The molecule has 2 rings (SSSR count). The minimum atomic E-state index is -0.575. The van der Waals surface area contributed by atoms with E-state index in [1.807, 2.05) is 27.7 Å². The monoisotopic (exact) mass is 293 g/mol. The first-order valence-electron chi connectivity index (χ1n) is 6.23. The lowest BCUT2D eigenvalue weighted by molar-refractivity contribution is 0.00644. The van der Waals surface area contributed by atoms with Crippen LogP contribution in [0.1, 0.15) is 36.3 Å². The normalized spacial score (nSPS) is 11.4. The van der Waals surface area contributed by atoms with Crippen LogP contribution in [0.15, 0.2) is 24.3 Å². The predicted molar refractivity (Wildman–Crippen MR) is 77.4 cm³/mol. The van der Waals surface area contributed by atoms with Gasteiger partial charge in [0.25, 0.3) is 0 Å². The van der Waals surface area contributed by atoms with Crippen LogP contribution < -0.4 is 0 Å². The Morgan fingerprint density at radius 1 is 1.25 bits per heavy atom. The van der Waals surface area contributed by atoms with E-state index in [1.165, 1.54) is 23.5 Å². The van der Waals surface area contributed by atoms with Gasteiger partial charge in [-0.1, -0.05) is 12.1 Å². The molecule has 0 saturated carbocycles. The zero-order chi connectivity index (χ0) is 14.9. The second kappa shape index (κ2) is 5.32. The number of nitrogens with zero attached hydrogens (tertiary/aromatic N) is 1. The van der Waals surface area contributed by atoms with Gasteiger partial charge in [-0.05, 0) is 45.4 Å². The first-order valence-corrected chi connectivity index (χ1v) is 7.04. The van der Waals surface area contributed by atoms with Gasteiger partial charge in [0.1, 0.15) is 11.4 Å². The molecule has 0 saturated heterocycles. The molecule has 0 amide bonds. The van der Waals surface area contributed by atoms with E-state index < -0.39 is 11.6 Å². The predicted octanol–water partition coefficient (Wildman–Crippen LogP) is 4.21. The van der Waals surface area contributed by atoms with Gasteiger partial charge < -0.3 is 4.74 Å². The maximum atomic E-state index is 13.0. The molecule has 0 aliphatic rings. The van der Waals surface area contributed by atoms with Crippen molar-refractivity contribution in [2.45, 2.75) is 33.3 Å². The summed E-state index contributed by atoms with van der Waals surface area (Å²) in [4.78, 5) is 17.1. The molecule has 3 nitrogen and oxygen atoms in total. The molecule has 0 aliphatic carbocycles. The van der Waals surface area contributed by atoms with Crippen molar-refractivity contribution in [2.24, 2.45) is 0 Å². The van der Waals surface area contributed by atoms with Crippen molar-refractivity contribution in [3.8, 4) is 10.4 Å². The SMILES string of the molecule is Cc1nc(C(=O)OC(C)(C)C)c(-c2ccc(F)cc2)s1. The second-order valence-electron chi connectivity index (χ2n) is 5.42. The van der Waals surface area contributed by atoms with E-state index in [2.05, 4.69) is 4.98 Å². The number of hydrogen-bond donors (Lipinski definition) is 0. The van der Waals surface area contributed by atoms with Crippen molar-refractivity contribution < 1.29 is 13.9 Å². The van der Waals surface area contributed by atoms with Gasteiger partial charge in [0.05, 0.1) is 9.88 Å². The molecule has 0 bridgehead atoms. The van der Waals surface area contributed by atoms with Crippen LogP contribution in [-0.2, 0) is 4.74 Å². The summed E-state index contributed by atoms with van der Waals surface area (Å²) in [6.45, 7) is 7.25. The number of benzene rings is 1. The van der Waals surface area contributed by atoms with E-state index in [9.17, 15) is 9.18 Å². The number of hydrogen-bond acceptors (Lipinski definition) is 4. The van der Waals surface area contributed by atoms with Crippen molar-refractivity contribution in [1.29, 1.82) is 0 Å². The number of esters is 1. The van der Waals surface area contributed by atoms with Gasteiger partial charge in [-0.25, -0.2) is 14.2 Å². The Kier molecular flexibility index (Phi) is 3.90. The molecule has 106 valence electrons. The molecule has 2 aromatic rings. The molecule has 1 aromatic heterocycles. The van der Waals surface area contributed by atoms with Crippen molar-refractivity contribution in [2.75, 3.05) is 0 Å². The summed E-state index contributed by atoms with van der Waals surface area (Å²) in [7, 11) is 0. The molecule has 1 heterocycles. The molecule has 0 unspecified atom stereocenters. The summed E-state index contributed by atoms with van der Waals surface area (Å²) in [6.07, 6.45) is 0. The van der Waals surface area contributed by atoms with Crippen LogP contribution in [-0.4, -0.2) is 16.6 Å². The Bertz CT molecular complexity index is 626. The third kappa shape index (κ3) is 3.42. The maximum absolute atomic E-state index is 13.0. The second-order valence-corrected chi connectivity index (χ2v) is 6.62. The molecule has 0 atom stereocenters. The van der Waals surface area contributed by atoms with E-state index in [4.69, 9.17) is 4.74 Å². The van der Waals surface area contributed by atoms with Crippen LogP contribution in [0.5, 0.6) is 0 Å². The van der Waals surface area contributed by atoms with Gasteiger partial charge in [-0.2, -0.15) is 0 Å². The number of thiazole rings is 1. The Morgan fingerprint density at radius 3 is 2.40 bits per heavy atom. The highest BCUT2D eigenvalue weighted by molar-refractivity contribution is 7.15. The third-order valence-corrected chi connectivity index (χ3v) is 3.45. The quantitative estimate of drug-likeness (QED) is 0.778. The first-order chi connectivity index (χ1) is 9.26. The van der Waals surface area contributed by atoms with Gasteiger partial charge in [-0.3, -0.25) is 0 Å². The van der Waals surface area contributed by atoms with E-state index in [-0.39, 0.29) is 11.5 Å². The van der Waals surface area contributed by atoms with Gasteiger partial charge in [0.15, 0.2) is 5.69 Å². The van der Waals surface area contributed by atoms with Crippen LogP contribution in [0.25, 0.3) is 10.4 Å². The van der Waals surface area contributed by atoms with Crippen LogP contribution in [0.3, 0.4) is 0 Å². The van der Waals surface area contributed by atoms with E-state index in [0.717, 1.165) is 10.6 Å². The first kappa shape index (κ1) is 14.7. The summed E-state index contributed by atoms with van der Waals surface area (Å²) in [5.41, 5.74) is 0.473. The summed E-state index contributed by atoms with van der Waals surface area (Å²) in [5.74, 6) is -0.769. The zero-order valence-corrected chi connectivity index (χ0v) is 12.7.